The van der Waals surface area contributed by atoms with E-state index in [1.54, 1.807) is 6.08 Å². The summed E-state index contributed by atoms with van der Waals surface area (Å²) in [6, 6.07) is 0. The lowest BCUT2D eigenvalue weighted by Crippen LogP contribution is -1.96. The molecule has 0 aliphatic rings. The number of H-pyrrole nitrogens is 1. The van der Waals surface area contributed by atoms with Gasteiger partial charge in [0.15, 0.2) is 0 Å². The summed E-state index contributed by atoms with van der Waals surface area (Å²) in [5, 5.41) is 10.6. The summed E-state index contributed by atoms with van der Waals surface area (Å²) >= 11 is 0. The van der Waals surface area contributed by atoms with Crippen molar-refractivity contribution in [1.82, 2.24) is 15.4 Å². The fraction of sp³-hybridized carbons (Fsp3) is 0.400. The molecule has 0 saturated heterocycles. The quantitative estimate of drug-likeness (QED) is 0.720. The zero-order chi connectivity index (χ0) is 9.84. The Labute approximate surface area is 78.6 Å². The third-order valence-corrected chi connectivity index (χ3v) is 1.93. The SMILES string of the molecule is C=C/C=C(/c1[nH]nnc1C)C(C)C. The Bertz CT molecular complexity index is 321. The first-order chi connectivity index (χ1) is 6.16. The second-order valence-electron chi connectivity index (χ2n) is 3.28. The third kappa shape index (κ3) is 2.05. The molecule has 3 nitrogen and oxygen atoms in total. The van der Waals surface area contributed by atoms with Crippen LogP contribution < -0.4 is 0 Å². The largest absolute Gasteiger partial charge is 0.258 e. The van der Waals surface area contributed by atoms with Crippen molar-refractivity contribution in [1.29, 1.82) is 0 Å². The molecule has 0 bridgehead atoms. The van der Waals surface area contributed by atoms with Gasteiger partial charge in [0.2, 0.25) is 0 Å². The number of aryl methyl sites for hydroxylation is 1. The van der Waals surface area contributed by atoms with Crippen LogP contribution in [0.2, 0.25) is 0 Å². The Kier molecular flexibility index (Phi) is 3.01. The van der Waals surface area contributed by atoms with E-state index in [0.29, 0.717) is 5.92 Å². The summed E-state index contributed by atoms with van der Waals surface area (Å²) in [5.41, 5.74) is 3.13. The van der Waals surface area contributed by atoms with Gasteiger partial charge in [-0.25, -0.2) is 0 Å². The molecule has 3 heteroatoms. The van der Waals surface area contributed by atoms with E-state index in [-0.39, 0.29) is 0 Å². The molecule has 0 spiro atoms. The minimum atomic E-state index is 0.443. The zero-order valence-corrected chi connectivity index (χ0v) is 8.33. The van der Waals surface area contributed by atoms with Crippen LogP contribution >= 0.6 is 0 Å². The topological polar surface area (TPSA) is 41.6 Å². The average Bonchev–Trinajstić information content (AvgIpc) is 2.47. The van der Waals surface area contributed by atoms with E-state index < -0.39 is 0 Å². The highest BCUT2D eigenvalue weighted by atomic mass is 15.3. The number of hydrogen-bond acceptors (Lipinski definition) is 2. The normalized spacial score (nSPS) is 12.2. The highest BCUT2D eigenvalue weighted by Gasteiger charge is 2.10. The molecule has 0 saturated carbocycles. The Morgan fingerprint density at radius 3 is 2.62 bits per heavy atom. The summed E-state index contributed by atoms with van der Waals surface area (Å²) in [6.45, 7) is 9.90. The number of aromatic amines is 1. The van der Waals surface area contributed by atoms with Crippen molar-refractivity contribution in [3.8, 4) is 0 Å². The number of nitrogens with one attached hydrogen (secondary N) is 1. The van der Waals surface area contributed by atoms with Crippen LogP contribution in [-0.4, -0.2) is 15.4 Å². The van der Waals surface area contributed by atoms with Crippen LogP contribution in [0.15, 0.2) is 18.7 Å². The smallest absolute Gasteiger partial charge is 0.0870 e. The standard InChI is InChI=1S/C10H15N3/c1-5-6-9(7(2)3)10-8(4)11-13-12-10/h5-7H,1H2,2-4H3,(H,11,12,13)/b9-6+. The Morgan fingerprint density at radius 2 is 2.23 bits per heavy atom. The predicted molar refractivity (Wildman–Crippen MR) is 54.1 cm³/mol. The first-order valence-electron chi connectivity index (χ1n) is 4.37. The van der Waals surface area contributed by atoms with E-state index in [9.17, 15) is 0 Å². The molecule has 1 aromatic heterocycles. The molecular formula is C10H15N3. The first-order valence-corrected chi connectivity index (χ1v) is 4.37. The van der Waals surface area contributed by atoms with Gasteiger partial charge in [-0.2, -0.15) is 0 Å². The molecule has 0 aliphatic heterocycles. The maximum atomic E-state index is 3.92. The number of aromatic nitrogens is 3. The number of nitrogens with zero attached hydrogens (tertiary/aromatic N) is 2. The summed E-state index contributed by atoms with van der Waals surface area (Å²) in [7, 11) is 0. The van der Waals surface area contributed by atoms with Gasteiger partial charge in [-0.3, -0.25) is 5.10 Å². The third-order valence-electron chi connectivity index (χ3n) is 1.93. The minimum absolute atomic E-state index is 0.443. The molecular weight excluding hydrogens is 162 g/mol. The lowest BCUT2D eigenvalue weighted by atomic mass is 9.98. The Morgan fingerprint density at radius 1 is 1.54 bits per heavy atom. The van der Waals surface area contributed by atoms with Gasteiger partial charge in [0.05, 0.1) is 11.4 Å². The molecule has 0 aromatic carbocycles. The van der Waals surface area contributed by atoms with E-state index >= 15 is 0 Å². The van der Waals surface area contributed by atoms with Crippen LogP contribution in [-0.2, 0) is 0 Å². The molecule has 1 N–H and O–H groups in total. The fourth-order valence-electron chi connectivity index (χ4n) is 1.25. The van der Waals surface area contributed by atoms with Crippen molar-refractivity contribution in [3.05, 3.63) is 30.1 Å². The molecule has 0 aliphatic carbocycles. The Balaban J connectivity index is 3.09. The van der Waals surface area contributed by atoms with E-state index in [0.717, 1.165) is 11.4 Å². The van der Waals surface area contributed by atoms with Crippen molar-refractivity contribution in [2.75, 3.05) is 0 Å². The first kappa shape index (κ1) is 9.71. The minimum Gasteiger partial charge on any atom is -0.258 e. The molecule has 0 amide bonds. The van der Waals surface area contributed by atoms with Crippen molar-refractivity contribution in [2.24, 2.45) is 5.92 Å². The molecule has 1 rings (SSSR count). The van der Waals surface area contributed by atoms with Gasteiger partial charge >= 0.3 is 0 Å². The van der Waals surface area contributed by atoms with Gasteiger partial charge in [-0.1, -0.05) is 37.8 Å². The van der Waals surface area contributed by atoms with Crippen LogP contribution in [0.5, 0.6) is 0 Å². The van der Waals surface area contributed by atoms with Crippen molar-refractivity contribution in [3.63, 3.8) is 0 Å². The fourth-order valence-corrected chi connectivity index (χ4v) is 1.25. The highest BCUT2D eigenvalue weighted by molar-refractivity contribution is 5.66. The number of rotatable bonds is 3. The van der Waals surface area contributed by atoms with E-state index in [4.69, 9.17) is 0 Å². The van der Waals surface area contributed by atoms with Crippen LogP contribution in [0, 0.1) is 12.8 Å². The van der Waals surface area contributed by atoms with Crippen molar-refractivity contribution < 1.29 is 0 Å². The second-order valence-corrected chi connectivity index (χ2v) is 3.28. The van der Waals surface area contributed by atoms with E-state index in [1.807, 2.05) is 13.0 Å². The molecule has 70 valence electrons. The average molecular weight is 177 g/mol. The molecule has 1 aromatic rings. The molecule has 0 atom stereocenters. The molecule has 0 fully saturated rings. The van der Waals surface area contributed by atoms with Gasteiger partial charge in [-0.05, 0) is 18.4 Å². The summed E-state index contributed by atoms with van der Waals surface area (Å²) in [5.74, 6) is 0.443. The van der Waals surface area contributed by atoms with Gasteiger partial charge in [-0.15, -0.1) is 5.10 Å². The second kappa shape index (κ2) is 4.03. The predicted octanol–water partition coefficient (Wildman–Crippen LogP) is 2.34. The summed E-state index contributed by atoms with van der Waals surface area (Å²) in [4.78, 5) is 0. The lowest BCUT2D eigenvalue weighted by Gasteiger charge is -2.08. The van der Waals surface area contributed by atoms with Gasteiger partial charge in [0.25, 0.3) is 0 Å². The van der Waals surface area contributed by atoms with Crippen molar-refractivity contribution in [2.45, 2.75) is 20.8 Å². The lowest BCUT2D eigenvalue weighted by molar-refractivity contribution is 0.843. The maximum absolute atomic E-state index is 3.92. The zero-order valence-electron chi connectivity index (χ0n) is 8.33. The van der Waals surface area contributed by atoms with Crippen molar-refractivity contribution >= 4 is 5.57 Å². The van der Waals surface area contributed by atoms with Gasteiger partial charge < -0.3 is 0 Å². The number of hydrogen-bond donors (Lipinski definition) is 1. The van der Waals surface area contributed by atoms with Crippen LogP contribution in [0.25, 0.3) is 5.57 Å². The molecule has 0 unspecified atom stereocenters. The number of allylic oxidation sites excluding steroid dienone is 3. The van der Waals surface area contributed by atoms with Crippen LogP contribution in [0.4, 0.5) is 0 Å². The van der Waals surface area contributed by atoms with Crippen LogP contribution in [0.1, 0.15) is 25.2 Å². The monoisotopic (exact) mass is 177 g/mol. The molecule has 1 heterocycles. The Hall–Kier alpha value is -1.38. The van der Waals surface area contributed by atoms with Gasteiger partial charge in [0.1, 0.15) is 0 Å². The molecule has 13 heavy (non-hydrogen) atoms. The maximum Gasteiger partial charge on any atom is 0.0870 e. The summed E-state index contributed by atoms with van der Waals surface area (Å²) < 4.78 is 0. The van der Waals surface area contributed by atoms with E-state index in [2.05, 4.69) is 35.8 Å². The van der Waals surface area contributed by atoms with Gasteiger partial charge in [0, 0.05) is 0 Å². The highest BCUT2D eigenvalue weighted by Crippen LogP contribution is 2.22. The van der Waals surface area contributed by atoms with E-state index in [1.165, 1.54) is 5.57 Å². The molecule has 0 radical (unpaired) electrons. The summed E-state index contributed by atoms with van der Waals surface area (Å²) in [6.07, 6.45) is 3.78. The van der Waals surface area contributed by atoms with Crippen LogP contribution in [0.3, 0.4) is 0 Å².